The Morgan fingerprint density at radius 1 is 0.183 bits per heavy atom. The molecule has 10 rings (SSSR count). The Morgan fingerprint density at radius 3 is 0.788 bits per heavy atom. The van der Waals surface area contributed by atoms with Gasteiger partial charge in [0.1, 0.15) is 37.0 Å². The standard InChI is InChI=1S/C6H7N.6C5H6N2.3C4H5N3.10C2H6.14CH4/c1-6-2-4-7-5-3-6;1-5-2-6-4-7-3-5;1-5-4-6-2-3-7-5;1-5-2-3-6-4-7-5;1-5-2-3-6-7-4-5;1-5-6-3-2-4-7-5;1-5-3-2-4-6-7-5;1-4-2-6-7-3-5-4;1-4-2-5-3-6-7-4;1-4-5-2-3-6-7-4;10*1-2;;;;;;;;;;;;;;/h2-5H,1H3;6*2-4H,1H3;3*2-3H,1H3;10*1-2H3;14*1H4. The van der Waals surface area contributed by atoms with Gasteiger partial charge in [0.25, 0.3) is 0 Å². The molecule has 0 aromatic carbocycles. The van der Waals surface area contributed by atoms with Crippen LogP contribution in [0.3, 0.4) is 0 Å². The van der Waals surface area contributed by atoms with E-state index in [1.165, 1.54) is 30.9 Å². The van der Waals surface area contributed by atoms with E-state index in [1.54, 1.807) is 118 Å². The van der Waals surface area contributed by atoms with Gasteiger partial charge in [-0.2, -0.15) is 35.7 Å². The van der Waals surface area contributed by atoms with Crippen LogP contribution in [0.25, 0.3) is 0 Å². The van der Waals surface area contributed by atoms with Gasteiger partial charge in [-0.15, -0.1) is 15.3 Å². The number of pyridine rings is 1. The van der Waals surface area contributed by atoms with Gasteiger partial charge in [-0.3, -0.25) is 15.0 Å². The van der Waals surface area contributed by atoms with Crippen molar-refractivity contribution in [1.29, 1.82) is 0 Å². The van der Waals surface area contributed by atoms with Crippen LogP contribution in [-0.2, 0) is 0 Å². The van der Waals surface area contributed by atoms with Crippen LogP contribution in [0.4, 0.5) is 0 Å². The first-order valence-electron chi connectivity index (χ1n) is 31.0. The van der Waals surface area contributed by atoms with Crippen molar-refractivity contribution < 1.29 is 0 Å². The van der Waals surface area contributed by atoms with E-state index in [-0.39, 0.29) is 104 Å². The highest BCUT2D eigenvalue weighted by Crippen LogP contribution is 1.90. The van der Waals surface area contributed by atoms with Gasteiger partial charge in [-0.1, -0.05) is 242 Å². The molecule has 0 radical (unpaired) electrons. The normalized spacial score (nSPS) is 6.44. The third kappa shape index (κ3) is 156. The summed E-state index contributed by atoms with van der Waals surface area (Å²) in [5.74, 6) is 1.53. The molecule has 10 aromatic rings. The highest BCUT2D eigenvalue weighted by molar-refractivity contribution is 5.06. The Morgan fingerprint density at radius 2 is 0.596 bits per heavy atom. The number of rotatable bonds is 0. The lowest BCUT2D eigenvalue weighted by Crippen LogP contribution is -1.85. The molecule has 0 amide bonds. The minimum absolute atomic E-state index is 0. The van der Waals surface area contributed by atoms with Crippen molar-refractivity contribution in [3.05, 3.63) is 230 Å². The highest BCUT2D eigenvalue weighted by atomic mass is 15.1. The summed E-state index contributed by atoms with van der Waals surface area (Å²) in [6.07, 6.45) is 34.7. The second-order valence-corrected chi connectivity index (χ2v) is 13.4. The van der Waals surface area contributed by atoms with E-state index in [0.717, 1.165) is 45.4 Å². The maximum absolute atomic E-state index is 3.92. The molecule has 0 bridgehead atoms. The fourth-order valence-electron chi connectivity index (χ4n) is 3.56. The summed E-state index contributed by atoms with van der Waals surface area (Å²) in [5.41, 5.74) is 8.19. The van der Waals surface area contributed by atoms with Crippen molar-refractivity contribution >= 4 is 0 Å². The van der Waals surface area contributed by atoms with Crippen LogP contribution >= 0.6 is 0 Å². The lowest BCUT2D eigenvalue weighted by Gasteiger charge is -1.82. The first-order valence-corrected chi connectivity index (χ1v) is 31.0. The van der Waals surface area contributed by atoms with Crippen molar-refractivity contribution in [2.24, 2.45) is 0 Å². The molecule has 0 aliphatic rings. The van der Waals surface area contributed by atoms with Gasteiger partial charge in [-0.05, 0) is 128 Å². The molecule has 0 saturated carbocycles. The molecular weight excluding hydrogens is 1290 g/mol. The Labute approximate surface area is 649 Å². The maximum Gasteiger partial charge on any atom is 0.147 e. The lowest BCUT2D eigenvalue weighted by atomic mass is 10.3. The predicted octanol–water partition coefficient (Wildman–Crippen LogP) is 25.8. The molecule has 0 aliphatic heterocycles. The van der Waals surface area contributed by atoms with Crippen molar-refractivity contribution in [1.82, 2.24) is 111 Å². The van der Waals surface area contributed by atoms with Gasteiger partial charge in [0.2, 0.25) is 0 Å². The molecule has 104 heavy (non-hydrogen) atoms. The largest absolute Gasteiger partial charge is 0.265 e. The number of hydrogen-bond donors (Lipinski definition) is 0. The summed E-state index contributed by atoms with van der Waals surface area (Å²) in [6.45, 7) is 59.1. The molecule has 0 aliphatic carbocycles. The molecule has 612 valence electrons. The van der Waals surface area contributed by atoms with E-state index in [4.69, 9.17) is 0 Å². The fraction of sp³-hybridized carbons (Fsp3) is 0.537. The Bertz CT molecular complexity index is 2000. The topological polar surface area (TPSA) is 284 Å². The number of hydrogen-bond acceptors (Lipinski definition) is 22. The zero-order chi connectivity index (χ0) is 71.1. The average molecular weight is 1470 g/mol. The quantitative estimate of drug-likeness (QED) is 0.136. The lowest BCUT2D eigenvalue weighted by molar-refractivity contribution is 0.907. The van der Waals surface area contributed by atoms with Crippen LogP contribution < -0.4 is 0 Å². The van der Waals surface area contributed by atoms with E-state index in [1.807, 2.05) is 237 Å². The van der Waals surface area contributed by atoms with E-state index < -0.39 is 0 Å². The number of aryl methyl sites for hydroxylation is 10. The molecular formula is C82H174N22. The smallest absolute Gasteiger partial charge is 0.147 e. The van der Waals surface area contributed by atoms with Gasteiger partial charge < -0.3 is 0 Å². The molecule has 0 saturated heterocycles. The predicted molar refractivity (Wildman–Crippen MR) is 471 cm³/mol. The van der Waals surface area contributed by atoms with E-state index in [9.17, 15) is 0 Å². The van der Waals surface area contributed by atoms with Crippen LogP contribution in [0.15, 0.2) is 173 Å². The van der Waals surface area contributed by atoms with Gasteiger partial charge >= 0.3 is 0 Å². The second-order valence-electron chi connectivity index (χ2n) is 13.4. The summed E-state index contributed by atoms with van der Waals surface area (Å²) < 4.78 is 0. The zero-order valence-corrected chi connectivity index (χ0v) is 61.0. The zero-order valence-electron chi connectivity index (χ0n) is 61.0. The van der Waals surface area contributed by atoms with Crippen molar-refractivity contribution in [3.8, 4) is 0 Å². The summed E-state index contributed by atoms with van der Waals surface area (Å²) in [4.78, 5) is 45.8. The van der Waals surface area contributed by atoms with Gasteiger partial charge in [0.15, 0.2) is 0 Å². The van der Waals surface area contributed by atoms with Crippen molar-refractivity contribution in [2.75, 3.05) is 0 Å². The first-order chi connectivity index (χ1) is 43.9. The van der Waals surface area contributed by atoms with Crippen molar-refractivity contribution in [2.45, 2.75) is 312 Å². The van der Waals surface area contributed by atoms with E-state index in [2.05, 4.69) is 111 Å². The molecule has 0 N–H and O–H groups in total. The summed E-state index contributed by atoms with van der Waals surface area (Å²) in [7, 11) is 0. The third-order valence-electron chi connectivity index (χ3n) is 6.91. The molecule has 0 spiro atoms. The molecule has 0 atom stereocenters. The number of nitrogens with zero attached hydrogens (tertiary/aromatic N) is 22. The third-order valence-corrected chi connectivity index (χ3v) is 6.91. The van der Waals surface area contributed by atoms with Crippen LogP contribution in [0.1, 0.15) is 299 Å². The molecule has 0 unspecified atom stereocenters. The SMILES string of the molecule is C.C.C.C.C.C.C.C.C.C.C.C.C.C.CC.CC.CC.CC.CC.CC.CC.CC.CC.CC.Cc1cccnn1.Cc1ccncc1.Cc1ccncn1.Cc1ccnnc1.Cc1cnccn1.Cc1cncnc1.Cc1cncnn1.Cc1cnncn1.Cc1ncccn1.Cc1nccnn1. The van der Waals surface area contributed by atoms with E-state index >= 15 is 0 Å². The van der Waals surface area contributed by atoms with Crippen LogP contribution in [0, 0.1) is 69.2 Å². The maximum atomic E-state index is 3.92. The minimum atomic E-state index is 0. The Balaban J connectivity index is -0.0000000298. The molecule has 22 nitrogen and oxygen atoms in total. The number of aromatic nitrogens is 22. The first kappa shape index (κ1) is 166. The highest BCUT2D eigenvalue weighted by Gasteiger charge is 1.81. The summed E-state index contributed by atoms with van der Waals surface area (Å²) >= 11 is 0. The van der Waals surface area contributed by atoms with E-state index in [0.29, 0.717) is 5.82 Å². The fourth-order valence-corrected chi connectivity index (χ4v) is 3.56. The monoisotopic (exact) mass is 1470 g/mol. The summed E-state index contributed by atoms with van der Waals surface area (Å²) in [6, 6.07) is 13.3. The van der Waals surface area contributed by atoms with Crippen molar-refractivity contribution in [3.63, 3.8) is 0 Å². The minimum Gasteiger partial charge on any atom is -0.265 e. The Kier molecular flexibility index (Phi) is 258. The molecule has 22 heteroatoms. The van der Waals surface area contributed by atoms with Crippen LogP contribution in [-0.4, -0.2) is 111 Å². The second kappa shape index (κ2) is 161. The average Bonchev–Trinajstić information content (AvgIpc) is 3.76. The molecule has 10 heterocycles. The van der Waals surface area contributed by atoms with Gasteiger partial charge in [-0.25, -0.2) is 44.9 Å². The van der Waals surface area contributed by atoms with Gasteiger partial charge in [0.05, 0.1) is 47.6 Å². The molecule has 0 fully saturated rings. The Hall–Kier alpha value is -9.34. The summed E-state index contributed by atoms with van der Waals surface area (Å²) in [5, 5.41) is 36.0. The van der Waals surface area contributed by atoms with Crippen LogP contribution in [0.5, 0.6) is 0 Å². The molecule has 10 aromatic heterocycles. The van der Waals surface area contributed by atoms with Gasteiger partial charge in [0, 0.05) is 86.3 Å². The van der Waals surface area contributed by atoms with Crippen LogP contribution in [0.2, 0.25) is 0 Å².